The maximum atomic E-state index is 6.61. The van der Waals surface area contributed by atoms with Gasteiger partial charge < -0.3 is 4.74 Å². The third kappa shape index (κ3) is 1.63. The summed E-state index contributed by atoms with van der Waals surface area (Å²) in [6.45, 7) is 0. The van der Waals surface area contributed by atoms with Crippen molar-refractivity contribution >= 4 is 10.8 Å². The van der Waals surface area contributed by atoms with Crippen LogP contribution in [0.1, 0.15) is 19.3 Å². The average Bonchev–Trinajstić information content (AvgIpc) is 3.34. The second kappa shape index (κ2) is 4.41. The van der Waals surface area contributed by atoms with Crippen LogP contribution < -0.4 is 4.74 Å². The Morgan fingerprint density at radius 2 is 1.61 bits per heavy atom. The zero-order chi connectivity index (χ0) is 15.0. The molecule has 0 radical (unpaired) electrons. The Kier molecular flexibility index (Phi) is 2.42. The second-order valence-corrected chi connectivity index (χ2v) is 8.13. The molecule has 0 saturated heterocycles. The first kappa shape index (κ1) is 12.6. The number of ether oxygens (including phenoxy) is 1. The highest BCUT2D eigenvalue weighted by molar-refractivity contribution is 5.88. The lowest BCUT2D eigenvalue weighted by Crippen LogP contribution is -2.36. The van der Waals surface area contributed by atoms with Gasteiger partial charge in [0.1, 0.15) is 11.9 Å². The molecule has 0 aliphatic heterocycles. The molecule has 0 N–H and O–H groups in total. The Morgan fingerprint density at radius 3 is 2.57 bits per heavy atom. The van der Waals surface area contributed by atoms with E-state index in [-0.39, 0.29) is 0 Å². The van der Waals surface area contributed by atoms with Gasteiger partial charge in [-0.2, -0.15) is 0 Å². The van der Waals surface area contributed by atoms with E-state index in [9.17, 15) is 0 Å². The van der Waals surface area contributed by atoms with E-state index in [1.807, 2.05) is 0 Å². The van der Waals surface area contributed by atoms with E-state index in [1.54, 1.807) is 0 Å². The van der Waals surface area contributed by atoms with Gasteiger partial charge in [-0.05, 0) is 66.2 Å². The number of hydrogen-bond donors (Lipinski definition) is 0. The van der Waals surface area contributed by atoms with Crippen LogP contribution >= 0.6 is 0 Å². The van der Waals surface area contributed by atoms with Crippen LogP contribution in [0.5, 0.6) is 5.75 Å². The van der Waals surface area contributed by atoms with Crippen molar-refractivity contribution in [3.63, 3.8) is 0 Å². The summed E-state index contributed by atoms with van der Waals surface area (Å²) in [7, 11) is 0. The van der Waals surface area contributed by atoms with Crippen LogP contribution in [-0.4, -0.2) is 6.10 Å². The third-order valence-corrected chi connectivity index (χ3v) is 7.24. The van der Waals surface area contributed by atoms with Crippen molar-refractivity contribution < 1.29 is 4.74 Å². The molecule has 0 aromatic heterocycles. The minimum absolute atomic E-state index is 0.444. The van der Waals surface area contributed by atoms with Crippen molar-refractivity contribution in [2.45, 2.75) is 25.4 Å². The van der Waals surface area contributed by atoms with Crippen LogP contribution in [0, 0.1) is 35.5 Å². The van der Waals surface area contributed by atoms with Crippen molar-refractivity contribution in [1.82, 2.24) is 0 Å². The van der Waals surface area contributed by atoms with Crippen LogP contribution in [0.2, 0.25) is 0 Å². The molecule has 1 heteroatoms. The maximum Gasteiger partial charge on any atom is 0.127 e. The molecule has 2 aromatic rings. The predicted octanol–water partition coefficient (Wildman–Crippen LogP) is 5.07. The quantitative estimate of drug-likeness (QED) is 0.556. The number of allylic oxidation sites excluding steroid dienone is 2. The van der Waals surface area contributed by atoms with Gasteiger partial charge in [-0.15, -0.1) is 0 Å². The smallest absolute Gasteiger partial charge is 0.127 e. The molecule has 4 aliphatic rings. The summed E-state index contributed by atoms with van der Waals surface area (Å²) < 4.78 is 6.61. The molecule has 116 valence electrons. The van der Waals surface area contributed by atoms with Gasteiger partial charge in [-0.1, -0.05) is 48.6 Å². The van der Waals surface area contributed by atoms with E-state index in [2.05, 4.69) is 54.6 Å². The zero-order valence-electron chi connectivity index (χ0n) is 13.3. The summed E-state index contributed by atoms with van der Waals surface area (Å²) in [5.41, 5.74) is 0. The molecule has 0 spiro atoms. The van der Waals surface area contributed by atoms with Gasteiger partial charge in [0, 0.05) is 5.39 Å². The lowest BCUT2D eigenvalue weighted by atomic mass is 9.72. The lowest BCUT2D eigenvalue weighted by Gasteiger charge is -2.36. The van der Waals surface area contributed by atoms with Crippen LogP contribution in [0.15, 0.2) is 54.6 Å². The van der Waals surface area contributed by atoms with Crippen molar-refractivity contribution in [1.29, 1.82) is 0 Å². The van der Waals surface area contributed by atoms with E-state index in [1.165, 1.54) is 30.0 Å². The molecule has 2 aromatic carbocycles. The number of benzene rings is 2. The summed E-state index contributed by atoms with van der Waals surface area (Å²) in [5.74, 6) is 6.48. The second-order valence-electron chi connectivity index (χ2n) is 8.13. The van der Waals surface area contributed by atoms with Gasteiger partial charge in [-0.3, -0.25) is 0 Å². The Hall–Kier alpha value is -1.76. The highest BCUT2D eigenvalue weighted by Gasteiger charge is 2.61. The first-order chi connectivity index (χ1) is 11.4. The standard InChI is InChI=1S/C22H22O/c1-2-6-17-13(4-1)5-3-7-19(17)23-20-12-16-11-18(20)22-15-9-8-14(10-15)21(16)22/h1-9,14-16,18,20-22H,10-12H2. The number of rotatable bonds is 2. The van der Waals surface area contributed by atoms with Crippen molar-refractivity contribution in [3.8, 4) is 5.75 Å². The summed E-state index contributed by atoms with van der Waals surface area (Å²) in [5, 5.41) is 2.55. The minimum Gasteiger partial charge on any atom is -0.489 e. The largest absolute Gasteiger partial charge is 0.489 e. The van der Waals surface area contributed by atoms with Crippen LogP contribution in [0.3, 0.4) is 0 Å². The predicted molar refractivity (Wildman–Crippen MR) is 92.3 cm³/mol. The van der Waals surface area contributed by atoms with Gasteiger partial charge in [0.15, 0.2) is 0 Å². The third-order valence-electron chi connectivity index (χ3n) is 7.24. The number of hydrogen-bond acceptors (Lipinski definition) is 1. The fourth-order valence-corrected chi connectivity index (χ4v) is 6.55. The molecular formula is C22H22O. The monoisotopic (exact) mass is 302 g/mol. The Bertz CT molecular complexity index is 801. The molecule has 6 rings (SSSR count). The molecule has 1 nitrogen and oxygen atoms in total. The molecule has 23 heavy (non-hydrogen) atoms. The summed E-state index contributed by atoms with van der Waals surface area (Å²) in [6.07, 6.45) is 9.61. The maximum absolute atomic E-state index is 6.61. The van der Waals surface area contributed by atoms with Crippen molar-refractivity contribution in [2.24, 2.45) is 35.5 Å². The van der Waals surface area contributed by atoms with Gasteiger partial charge in [-0.25, -0.2) is 0 Å². The molecule has 7 atom stereocenters. The van der Waals surface area contributed by atoms with E-state index < -0.39 is 0 Å². The molecule has 3 saturated carbocycles. The molecule has 4 bridgehead atoms. The minimum atomic E-state index is 0.444. The SMILES string of the molecule is C1=CC2CC1C1C3CC(Oc4cccc5ccccc45)C(C3)C21. The summed E-state index contributed by atoms with van der Waals surface area (Å²) >= 11 is 0. The summed E-state index contributed by atoms with van der Waals surface area (Å²) in [6, 6.07) is 15.1. The van der Waals surface area contributed by atoms with Crippen molar-refractivity contribution in [2.75, 3.05) is 0 Å². The molecule has 7 unspecified atom stereocenters. The van der Waals surface area contributed by atoms with Gasteiger partial charge >= 0.3 is 0 Å². The molecular weight excluding hydrogens is 280 g/mol. The van der Waals surface area contributed by atoms with Gasteiger partial charge in [0.2, 0.25) is 0 Å². The van der Waals surface area contributed by atoms with Crippen molar-refractivity contribution in [3.05, 3.63) is 54.6 Å². The van der Waals surface area contributed by atoms with Crippen LogP contribution in [0.4, 0.5) is 0 Å². The average molecular weight is 302 g/mol. The zero-order valence-corrected chi connectivity index (χ0v) is 13.3. The highest BCUT2D eigenvalue weighted by atomic mass is 16.5. The lowest BCUT2D eigenvalue weighted by molar-refractivity contribution is 0.0676. The first-order valence-corrected chi connectivity index (χ1v) is 9.21. The summed E-state index contributed by atoms with van der Waals surface area (Å²) in [4.78, 5) is 0. The fourth-order valence-electron chi connectivity index (χ4n) is 6.55. The highest BCUT2D eigenvalue weighted by Crippen LogP contribution is 2.65. The number of fused-ring (bicyclic) bond motifs is 10. The van der Waals surface area contributed by atoms with Gasteiger partial charge in [0.05, 0.1) is 0 Å². The Labute approximate surface area is 137 Å². The van der Waals surface area contributed by atoms with E-state index in [0.29, 0.717) is 6.10 Å². The van der Waals surface area contributed by atoms with E-state index in [4.69, 9.17) is 4.74 Å². The van der Waals surface area contributed by atoms with E-state index >= 15 is 0 Å². The Morgan fingerprint density at radius 1 is 0.783 bits per heavy atom. The molecule has 0 heterocycles. The van der Waals surface area contributed by atoms with Crippen LogP contribution in [-0.2, 0) is 0 Å². The molecule has 0 amide bonds. The normalized spacial score (nSPS) is 42.5. The van der Waals surface area contributed by atoms with E-state index in [0.717, 1.165) is 41.3 Å². The van der Waals surface area contributed by atoms with Gasteiger partial charge in [0.25, 0.3) is 0 Å². The molecule has 4 aliphatic carbocycles. The fraction of sp³-hybridized carbons (Fsp3) is 0.455. The Balaban J connectivity index is 1.33. The van der Waals surface area contributed by atoms with Crippen LogP contribution in [0.25, 0.3) is 10.8 Å². The first-order valence-electron chi connectivity index (χ1n) is 9.21. The molecule has 3 fully saturated rings. The topological polar surface area (TPSA) is 9.23 Å².